The summed E-state index contributed by atoms with van der Waals surface area (Å²) in [6.45, 7) is 6.05. The predicted molar refractivity (Wildman–Crippen MR) is 116 cm³/mol. The number of rotatable bonds is 3. The van der Waals surface area contributed by atoms with Crippen LogP contribution < -0.4 is 10.1 Å². The molecule has 158 valence electrons. The number of nitrogens with zero attached hydrogens (tertiary/aromatic N) is 5. The van der Waals surface area contributed by atoms with Crippen molar-refractivity contribution >= 4 is 11.6 Å². The first-order valence-corrected chi connectivity index (χ1v) is 10.2. The third kappa shape index (κ3) is 3.34. The molecule has 5 rings (SSSR count). The number of hydrogen-bond donors (Lipinski definition) is 1. The Kier molecular flexibility index (Phi) is 4.32. The topological polar surface area (TPSA) is 86.3 Å². The van der Waals surface area contributed by atoms with Crippen molar-refractivity contribution in [2.24, 2.45) is 7.05 Å². The quantitative estimate of drug-likeness (QED) is 0.553. The summed E-state index contributed by atoms with van der Waals surface area (Å²) >= 11 is 0. The zero-order valence-corrected chi connectivity index (χ0v) is 18.0. The summed E-state index contributed by atoms with van der Waals surface area (Å²) in [5, 5.41) is 12.0. The van der Waals surface area contributed by atoms with Gasteiger partial charge in [0.2, 0.25) is 0 Å². The standard InChI is InChI=1S/C23H24N6O2/c1-14-16(13-25-28(14)4)19-9-10-24-21-11-17(27-29(19)21)22(30)26-18-12-23(2,3)31-20-8-6-5-7-15(18)20/h5-11,13,18H,12H2,1-4H3,(H,26,30)/t18-/m1/s1. The van der Waals surface area contributed by atoms with Gasteiger partial charge in [0, 0.05) is 42.6 Å². The van der Waals surface area contributed by atoms with Crippen LogP contribution in [0.5, 0.6) is 5.75 Å². The number of carbonyl (C=O) groups is 1. The lowest BCUT2D eigenvalue weighted by atomic mass is 9.89. The Labute approximate surface area is 179 Å². The summed E-state index contributed by atoms with van der Waals surface area (Å²) in [4.78, 5) is 17.5. The van der Waals surface area contributed by atoms with Crippen molar-refractivity contribution in [3.63, 3.8) is 0 Å². The van der Waals surface area contributed by atoms with E-state index in [1.165, 1.54) is 0 Å². The summed E-state index contributed by atoms with van der Waals surface area (Å²) in [5.41, 5.74) is 4.33. The van der Waals surface area contributed by atoms with E-state index in [0.717, 1.165) is 28.3 Å². The molecular weight excluding hydrogens is 392 g/mol. The van der Waals surface area contributed by atoms with Gasteiger partial charge in [0.05, 0.1) is 17.9 Å². The zero-order valence-electron chi connectivity index (χ0n) is 18.0. The lowest BCUT2D eigenvalue weighted by Crippen LogP contribution is -2.41. The van der Waals surface area contributed by atoms with E-state index >= 15 is 0 Å². The Morgan fingerprint density at radius 2 is 2.06 bits per heavy atom. The van der Waals surface area contributed by atoms with Gasteiger partial charge in [-0.05, 0) is 32.9 Å². The molecule has 0 unspecified atom stereocenters. The van der Waals surface area contributed by atoms with Crippen LogP contribution in [0.4, 0.5) is 0 Å². The van der Waals surface area contributed by atoms with E-state index in [-0.39, 0.29) is 17.6 Å². The lowest BCUT2D eigenvalue weighted by molar-refractivity contribution is 0.0618. The largest absolute Gasteiger partial charge is 0.487 e. The van der Waals surface area contributed by atoms with Crippen molar-refractivity contribution < 1.29 is 9.53 Å². The van der Waals surface area contributed by atoms with Crippen molar-refractivity contribution in [1.29, 1.82) is 0 Å². The second-order valence-electron chi connectivity index (χ2n) is 8.53. The molecule has 4 aromatic rings. The molecule has 0 radical (unpaired) electrons. The van der Waals surface area contributed by atoms with Gasteiger partial charge in [-0.25, -0.2) is 9.50 Å². The van der Waals surface area contributed by atoms with Gasteiger partial charge in [-0.1, -0.05) is 18.2 Å². The Morgan fingerprint density at radius 3 is 2.84 bits per heavy atom. The number of para-hydroxylation sites is 1. The molecule has 0 fully saturated rings. The zero-order chi connectivity index (χ0) is 21.8. The molecule has 1 aliphatic heterocycles. The predicted octanol–water partition coefficient (Wildman–Crippen LogP) is 3.47. The first kappa shape index (κ1) is 19.3. The minimum absolute atomic E-state index is 0.162. The molecule has 0 aliphatic carbocycles. The third-order valence-electron chi connectivity index (χ3n) is 5.78. The van der Waals surface area contributed by atoms with Crippen LogP contribution >= 0.6 is 0 Å². The number of benzene rings is 1. The maximum Gasteiger partial charge on any atom is 0.272 e. The number of ether oxygens (including phenoxy) is 1. The summed E-state index contributed by atoms with van der Waals surface area (Å²) in [5.74, 6) is 0.562. The van der Waals surface area contributed by atoms with E-state index in [9.17, 15) is 4.79 Å². The van der Waals surface area contributed by atoms with E-state index < -0.39 is 0 Å². The normalized spacial score (nSPS) is 17.2. The van der Waals surface area contributed by atoms with Crippen molar-refractivity contribution in [3.05, 3.63) is 65.7 Å². The summed E-state index contributed by atoms with van der Waals surface area (Å²) in [6, 6.07) is 11.2. The molecule has 8 nitrogen and oxygen atoms in total. The van der Waals surface area contributed by atoms with Crippen molar-refractivity contribution in [1.82, 2.24) is 29.7 Å². The number of fused-ring (bicyclic) bond motifs is 2. The molecule has 1 atom stereocenters. The molecule has 0 saturated heterocycles. The molecule has 31 heavy (non-hydrogen) atoms. The number of aromatic nitrogens is 5. The average Bonchev–Trinajstić information content (AvgIpc) is 3.31. The average molecular weight is 416 g/mol. The highest BCUT2D eigenvalue weighted by molar-refractivity contribution is 5.93. The number of aryl methyl sites for hydroxylation is 1. The number of nitrogens with one attached hydrogen (secondary N) is 1. The Balaban J connectivity index is 1.49. The minimum atomic E-state index is -0.377. The lowest BCUT2D eigenvalue weighted by Gasteiger charge is -2.37. The fourth-order valence-electron chi connectivity index (χ4n) is 4.12. The monoisotopic (exact) mass is 416 g/mol. The van der Waals surface area contributed by atoms with Gasteiger partial charge < -0.3 is 10.1 Å². The third-order valence-corrected chi connectivity index (χ3v) is 5.78. The van der Waals surface area contributed by atoms with Crippen LogP contribution in [-0.2, 0) is 7.05 Å². The highest BCUT2D eigenvalue weighted by Gasteiger charge is 2.34. The van der Waals surface area contributed by atoms with Crippen molar-refractivity contribution in [2.75, 3.05) is 0 Å². The Bertz CT molecular complexity index is 1300. The first-order valence-electron chi connectivity index (χ1n) is 10.2. The van der Waals surface area contributed by atoms with E-state index in [0.29, 0.717) is 17.8 Å². The van der Waals surface area contributed by atoms with E-state index in [4.69, 9.17) is 4.74 Å². The molecule has 1 aromatic carbocycles. The number of hydrogen-bond acceptors (Lipinski definition) is 5. The smallest absolute Gasteiger partial charge is 0.272 e. The van der Waals surface area contributed by atoms with E-state index in [2.05, 4.69) is 20.5 Å². The highest BCUT2D eigenvalue weighted by atomic mass is 16.5. The number of amides is 1. The molecule has 1 N–H and O–H groups in total. The van der Waals surface area contributed by atoms with Gasteiger partial charge in [0.25, 0.3) is 5.91 Å². The van der Waals surface area contributed by atoms with Gasteiger partial charge in [0.1, 0.15) is 11.4 Å². The second-order valence-corrected chi connectivity index (χ2v) is 8.53. The Morgan fingerprint density at radius 1 is 1.26 bits per heavy atom. The van der Waals surface area contributed by atoms with Gasteiger partial charge in [-0.2, -0.15) is 10.2 Å². The van der Waals surface area contributed by atoms with Crippen molar-refractivity contribution in [2.45, 2.75) is 38.8 Å². The van der Waals surface area contributed by atoms with Crippen LogP contribution in [0.1, 0.15) is 48.1 Å². The molecule has 1 amide bonds. The van der Waals surface area contributed by atoms with Crippen molar-refractivity contribution in [3.8, 4) is 17.0 Å². The second kappa shape index (κ2) is 6.94. The molecule has 0 saturated carbocycles. The SMILES string of the molecule is Cc1c(-c2ccnc3cc(C(=O)N[C@@H]4CC(C)(C)Oc5ccccc54)nn23)cnn1C. The summed E-state index contributed by atoms with van der Waals surface area (Å²) in [7, 11) is 1.90. The van der Waals surface area contributed by atoms with Gasteiger partial charge >= 0.3 is 0 Å². The van der Waals surface area contributed by atoms with Crippen LogP contribution in [0, 0.1) is 6.92 Å². The summed E-state index contributed by atoms with van der Waals surface area (Å²) < 4.78 is 9.58. The molecular formula is C23H24N6O2. The van der Waals surface area contributed by atoms with Crippen LogP contribution in [0.25, 0.3) is 16.9 Å². The van der Waals surface area contributed by atoms with E-state index in [1.807, 2.05) is 62.8 Å². The van der Waals surface area contributed by atoms with E-state index in [1.54, 1.807) is 23.0 Å². The molecule has 8 heteroatoms. The maximum absolute atomic E-state index is 13.2. The van der Waals surface area contributed by atoms with Gasteiger partial charge in [-0.3, -0.25) is 9.48 Å². The Hall–Kier alpha value is -3.68. The van der Waals surface area contributed by atoms with Crippen LogP contribution in [0.3, 0.4) is 0 Å². The molecule has 1 aliphatic rings. The summed E-state index contributed by atoms with van der Waals surface area (Å²) in [6.07, 6.45) is 4.19. The first-order chi connectivity index (χ1) is 14.8. The van der Waals surface area contributed by atoms with Crippen LogP contribution in [0.2, 0.25) is 0 Å². The molecule has 0 bridgehead atoms. The fourth-order valence-corrected chi connectivity index (χ4v) is 4.12. The van der Waals surface area contributed by atoms with Gasteiger partial charge in [0.15, 0.2) is 11.3 Å². The molecule has 4 heterocycles. The molecule has 3 aromatic heterocycles. The molecule has 0 spiro atoms. The minimum Gasteiger partial charge on any atom is -0.487 e. The highest BCUT2D eigenvalue weighted by Crippen LogP contribution is 2.39. The van der Waals surface area contributed by atoms with Crippen LogP contribution in [-0.4, -0.2) is 35.9 Å². The van der Waals surface area contributed by atoms with Gasteiger partial charge in [-0.15, -0.1) is 0 Å². The maximum atomic E-state index is 13.2. The fraction of sp³-hybridized carbons (Fsp3) is 0.304. The number of carbonyl (C=O) groups excluding carboxylic acids is 1. The van der Waals surface area contributed by atoms with Crippen LogP contribution in [0.15, 0.2) is 48.8 Å².